The smallest absolute Gasteiger partial charge is 0.242 e. The number of likely N-dealkylation sites (tertiary alicyclic amines) is 1. The van der Waals surface area contributed by atoms with Gasteiger partial charge in [-0.3, -0.25) is 4.79 Å². The summed E-state index contributed by atoms with van der Waals surface area (Å²) in [6.45, 7) is 2.38. The van der Waals surface area contributed by atoms with E-state index in [1.165, 1.54) is 12.1 Å². The summed E-state index contributed by atoms with van der Waals surface area (Å²) in [6, 6.07) is 6.03. The summed E-state index contributed by atoms with van der Waals surface area (Å²) >= 11 is 0. The van der Waals surface area contributed by atoms with E-state index in [1.807, 2.05) is 4.90 Å². The Morgan fingerprint density at radius 1 is 1.22 bits per heavy atom. The summed E-state index contributed by atoms with van der Waals surface area (Å²) in [5.74, 6) is 0.416. The third-order valence-corrected chi connectivity index (χ3v) is 4.66. The lowest BCUT2D eigenvalue weighted by Crippen LogP contribution is -2.59. The second-order valence-corrected chi connectivity index (χ2v) is 6.33. The van der Waals surface area contributed by atoms with E-state index >= 15 is 0 Å². The summed E-state index contributed by atoms with van der Waals surface area (Å²) in [7, 11) is 0. The van der Waals surface area contributed by atoms with Crippen molar-refractivity contribution in [3.05, 3.63) is 30.1 Å². The second kappa shape index (κ2) is 6.84. The number of rotatable bonds is 3. The molecule has 0 spiro atoms. The van der Waals surface area contributed by atoms with Crippen LogP contribution in [0.3, 0.4) is 0 Å². The first-order chi connectivity index (χ1) is 11.1. The zero-order chi connectivity index (χ0) is 16.3. The number of amides is 1. The van der Waals surface area contributed by atoms with Gasteiger partial charge in [0, 0.05) is 39.1 Å². The van der Waals surface area contributed by atoms with Gasteiger partial charge in [0.1, 0.15) is 17.7 Å². The lowest BCUT2D eigenvalue weighted by molar-refractivity contribution is -0.142. The Hall–Kier alpha value is -1.66. The molecular formula is C17H23FN2O3. The topological polar surface area (TPSA) is 64.8 Å². The SMILES string of the molecule is NC1(C(=O)N2CCC(Oc3ccc(F)cc3)CC2)CCOCC1. The Bertz CT molecular complexity index is 535. The molecule has 0 radical (unpaired) electrons. The van der Waals surface area contributed by atoms with Gasteiger partial charge in [0.25, 0.3) is 0 Å². The van der Waals surface area contributed by atoms with Gasteiger partial charge in [-0.05, 0) is 37.1 Å². The highest BCUT2D eigenvalue weighted by molar-refractivity contribution is 5.86. The van der Waals surface area contributed by atoms with E-state index in [1.54, 1.807) is 12.1 Å². The first kappa shape index (κ1) is 16.2. The van der Waals surface area contributed by atoms with Crippen LogP contribution in [0.2, 0.25) is 0 Å². The molecule has 2 aliphatic rings. The van der Waals surface area contributed by atoms with Gasteiger partial charge < -0.3 is 20.1 Å². The molecule has 0 unspecified atom stereocenters. The number of piperidine rings is 1. The molecular weight excluding hydrogens is 299 g/mol. The van der Waals surface area contributed by atoms with Crippen molar-refractivity contribution in [3.8, 4) is 5.75 Å². The third-order valence-electron chi connectivity index (χ3n) is 4.66. The Labute approximate surface area is 135 Å². The molecule has 0 saturated carbocycles. The van der Waals surface area contributed by atoms with Crippen molar-refractivity contribution >= 4 is 5.91 Å². The Balaban J connectivity index is 1.51. The lowest BCUT2D eigenvalue weighted by atomic mass is 9.89. The quantitative estimate of drug-likeness (QED) is 0.920. The molecule has 1 aromatic rings. The highest BCUT2D eigenvalue weighted by atomic mass is 19.1. The third kappa shape index (κ3) is 3.82. The van der Waals surface area contributed by atoms with Crippen LogP contribution in [-0.2, 0) is 9.53 Å². The van der Waals surface area contributed by atoms with Gasteiger partial charge in [0.05, 0.1) is 5.54 Å². The standard InChI is InChI=1S/C17H23FN2O3/c18-13-1-3-14(4-2-13)23-15-5-9-20(10-6-15)16(21)17(19)7-11-22-12-8-17/h1-4,15H,5-12,19H2. The number of nitrogens with zero attached hydrogens (tertiary/aromatic N) is 1. The van der Waals surface area contributed by atoms with Crippen LogP contribution < -0.4 is 10.5 Å². The van der Waals surface area contributed by atoms with Crippen molar-refractivity contribution in [2.24, 2.45) is 5.73 Å². The maximum atomic E-state index is 12.9. The summed E-state index contributed by atoms with van der Waals surface area (Å²) < 4.78 is 24.0. The molecule has 2 aliphatic heterocycles. The molecule has 0 aromatic heterocycles. The predicted molar refractivity (Wildman–Crippen MR) is 83.6 cm³/mol. The molecule has 2 heterocycles. The molecule has 0 aliphatic carbocycles. The highest BCUT2D eigenvalue weighted by Crippen LogP contribution is 2.24. The molecule has 0 bridgehead atoms. The summed E-state index contributed by atoms with van der Waals surface area (Å²) in [4.78, 5) is 14.5. The fraction of sp³-hybridized carbons (Fsp3) is 0.588. The Kier molecular flexibility index (Phi) is 4.82. The molecule has 5 nitrogen and oxygen atoms in total. The van der Waals surface area contributed by atoms with Crippen LogP contribution >= 0.6 is 0 Å². The normalized spacial score (nSPS) is 21.9. The van der Waals surface area contributed by atoms with E-state index in [0.29, 0.717) is 44.9 Å². The number of hydrogen-bond acceptors (Lipinski definition) is 4. The van der Waals surface area contributed by atoms with Crippen molar-refractivity contribution in [1.29, 1.82) is 0 Å². The predicted octanol–water partition coefficient (Wildman–Crippen LogP) is 1.70. The first-order valence-corrected chi connectivity index (χ1v) is 8.15. The van der Waals surface area contributed by atoms with Gasteiger partial charge in [-0.2, -0.15) is 0 Å². The van der Waals surface area contributed by atoms with Crippen molar-refractivity contribution < 1.29 is 18.7 Å². The minimum Gasteiger partial charge on any atom is -0.490 e. The van der Waals surface area contributed by atoms with Crippen molar-refractivity contribution in [3.63, 3.8) is 0 Å². The van der Waals surface area contributed by atoms with Crippen LogP contribution in [0, 0.1) is 5.82 Å². The number of carbonyl (C=O) groups is 1. The second-order valence-electron chi connectivity index (χ2n) is 6.33. The molecule has 3 rings (SSSR count). The Morgan fingerprint density at radius 3 is 2.43 bits per heavy atom. The first-order valence-electron chi connectivity index (χ1n) is 8.15. The van der Waals surface area contributed by atoms with Gasteiger partial charge in [-0.1, -0.05) is 0 Å². The number of nitrogens with two attached hydrogens (primary N) is 1. The summed E-state index contributed by atoms with van der Waals surface area (Å²) in [6.07, 6.45) is 2.73. The number of hydrogen-bond donors (Lipinski definition) is 1. The van der Waals surface area contributed by atoms with Crippen LogP contribution in [0.25, 0.3) is 0 Å². The zero-order valence-electron chi connectivity index (χ0n) is 13.2. The summed E-state index contributed by atoms with van der Waals surface area (Å²) in [5, 5.41) is 0. The fourth-order valence-electron chi connectivity index (χ4n) is 3.15. The lowest BCUT2D eigenvalue weighted by Gasteiger charge is -2.39. The summed E-state index contributed by atoms with van der Waals surface area (Å²) in [5.41, 5.74) is 5.49. The Morgan fingerprint density at radius 2 is 1.83 bits per heavy atom. The van der Waals surface area contributed by atoms with Gasteiger partial charge in [0.2, 0.25) is 5.91 Å². The number of carbonyl (C=O) groups excluding carboxylic acids is 1. The van der Waals surface area contributed by atoms with Crippen molar-refractivity contribution in [2.75, 3.05) is 26.3 Å². The van der Waals surface area contributed by atoms with Crippen LogP contribution in [0.4, 0.5) is 4.39 Å². The van der Waals surface area contributed by atoms with E-state index in [9.17, 15) is 9.18 Å². The van der Waals surface area contributed by atoms with Crippen LogP contribution in [0.1, 0.15) is 25.7 Å². The number of ether oxygens (including phenoxy) is 2. The maximum Gasteiger partial charge on any atom is 0.242 e. The molecule has 1 amide bonds. The highest BCUT2D eigenvalue weighted by Gasteiger charge is 2.40. The average molecular weight is 322 g/mol. The van der Waals surface area contributed by atoms with Crippen LogP contribution in [0.5, 0.6) is 5.75 Å². The molecule has 6 heteroatoms. The molecule has 0 atom stereocenters. The zero-order valence-corrected chi connectivity index (χ0v) is 13.2. The largest absolute Gasteiger partial charge is 0.490 e. The van der Waals surface area contributed by atoms with Crippen molar-refractivity contribution in [2.45, 2.75) is 37.3 Å². The van der Waals surface area contributed by atoms with Crippen molar-refractivity contribution in [1.82, 2.24) is 4.90 Å². The van der Waals surface area contributed by atoms with E-state index in [-0.39, 0.29) is 17.8 Å². The van der Waals surface area contributed by atoms with Gasteiger partial charge in [-0.15, -0.1) is 0 Å². The van der Waals surface area contributed by atoms with Gasteiger partial charge in [0.15, 0.2) is 0 Å². The number of benzene rings is 1. The molecule has 2 fully saturated rings. The monoisotopic (exact) mass is 322 g/mol. The van der Waals surface area contributed by atoms with E-state index in [2.05, 4.69) is 0 Å². The number of halogens is 1. The van der Waals surface area contributed by atoms with Gasteiger partial charge >= 0.3 is 0 Å². The average Bonchev–Trinajstić information content (AvgIpc) is 2.58. The molecule has 2 N–H and O–H groups in total. The minimum absolute atomic E-state index is 0.0287. The van der Waals surface area contributed by atoms with E-state index in [0.717, 1.165) is 12.8 Å². The molecule has 23 heavy (non-hydrogen) atoms. The molecule has 126 valence electrons. The van der Waals surface area contributed by atoms with Crippen LogP contribution in [-0.4, -0.2) is 48.8 Å². The molecule has 2 saturated heterocycles. The fourth-order valence-corrected chi connectivity index (χ4v) is 3.15. The maximum absolute atomic E-state index is 12.9. The van der Waals surface area contributed by atoms with Gasteiger partial charge in [-0.25, -0.2) is 4.39 Å². The molecule has 1 aromatic carbocycles. The van der Waals surface area contributed by atoms with E-state index in [4.69, 9.17) is 15.2 Å². The van der Waals surface area contributed by atoms with Crippen LogP contribution in [0.15, 0.2) is 24.3 Å². The minimum atomic E-state index is -0.775. The van der Waals surface area contributed by atoms with E-state index < -0.39 is 5.54 Å².